The number of nitrogens with zero attached hydrogens (tertiary/aromatic N) is 5. The van der Waals surface area contributed by atoms with E-state index in [-0.39, 0.29) is 17.4 Å². The first-order chi connectivity index (χ1) is 10.3. The fraction of sp³-hybridized carbons (Fsp3) is 0.571. The molecule has 0 spiro atoms. The maximum atomic E-state index is 12.5. The van der Waals surface area contributed by atoms with Crippen LogP contribution >= 0.6 is 11.5 Å². The van der Waals surface area contributed by atoms with Gasteiger partial charge in [-0.25, -0.2) is 4.98 Å². The average Bonchev–Trinajstić information content (AvgIpc) is 3.12. The van der Waals surface area contributed by atoms with Crippen LogP contribution < -0.4 is 10.2 Å². The molecule has 1 aliphatic rings. The van der Waals surface area contributed by atoms with Crippen LogP contribution in [-0.4, -0.2) is 37.6 Å². The van der Waals surface area contributed by atoms with E-state index >= 15 is 0 Å². The molecule has 1 atom stereocenters. The lowest BCUT2D eigenvalue weighted by atomic mass is 9.96. The molecular formula is C14H20N6OS. The number of nitrogens with one attached hydrogen (secondary N) is 1. The summed E-state index contributed by atoms with van der Waals surface area (Å²) in [6.07, 6.45) is 4.31. The van der Waals surface area contributed by atoms with Gasteiger partial charge in [0.2, 0.25) is 11.0 Å². The van der Waals surface area contributed by atoms with Crippen LogP contribution in [0.5, 0.6) is 0 Å². The third-order valence-electron chi connectivity index (χ3n) is 3.60. The van der Waals surface area contributed by atoms with Gasteiger partial charge < -0.3 is 10.2 Å². The molecule has 22 heavy (non-hydrogen) atoms. The molecule has 8 heteroatoms. The van der Waals surface area contributed by atoms with Gasteiger partial charge in [0.1, 0.15) is 11.9 Å². The van der Waals surface area contributed by atoms with E-state index in [4.69, 9.17) is 0 Å². The zero-order valence-electron chi connectivity index (χ0n) is 13.2. The summed E-state index contributed by atoms with van der Waals surface area (Å²) < 4.78 is 6.06. The quantitative estimate of drug-likeness (QED) is 0.933. The third-order valence-corrected chi connectivity index (χ3v) is 4.25. The molecule has 0 radical (unpaired) electrons. The van der Waals surface area contributed by atoms with Crippen LogP contribution in [0.25, 0.3) is 0 Å². The van der Waals surface area contributed by atoms with Crippen molar-refractivity contribution in [2.24, 2.45) is 7.05 Å². The number of carbonyl (C=O) groups is 1. The summed E-state index contributed by atoms with van der Waals surface area (Å²) in [6.45, 7) is 6.91. The van der Waals surface area contributed by atoms with E-state index in [9.17, 15) is 4.79 Å². The molecule has 0 bridgehead atoms. The maximum Gasteiger partial charge on any atom is 0.249 e. The Bertz CT molecular complexity index is 686. The molecule has 1 unspecified atom stereocenters. The minimum absolute atomic E-state index is 0.0560. The minimum atomic E-state index is -0.249. The van der Waals surface area contributed by atoms with Crippen LogP contribution in [0.4, 0.5) is 10.8 Å². The van der Waals surface area contributed by atoms with Crippen molar-refractivity contribution in [2.45, 2.75) is 38.6 Å². The summed E-state index contributed by atoms with van der Waals surface area (Å²) in [6, 6.07) is -0.249. The molecule has 3 heterocycles. The molecule has 2 aromatic heterocycles. The second-order valence-corrected chi connectivity index (χ2v) is 7.27. The molecule has 1 amide bonds. The van der Waals surface area contributed by atoms with Gasteiger partial charge in [0, 0.05) is 36.7 Å². The lowest BCUT2D eigenvalue weighted by molar-refractivity contribution is -0.117. The molecule has 1 fully saturated rings. The van der Waals surface area contributed by atoms with Crippen molar-refractivity contribution in [2.75, 3.05) is 16.8 Å². The molecule has 118 valence electrons. The van der Waals surface area contributed by atoms with Gasteiger partial charge in [-0.1, -0.05) is 20.8 Å². The summed E-state index contributed by atoms with van der Waals surface area (Å²) in [4.78, 5) is 18.8. The van der Waals surface area contributed by atoms with E-state index < -0.39 is 0 Å². The molecule has 0 aromatic carbocycles. The highest BCUT2D eigenvalue weighted by Crippen LogP contribution is 2.26. The Hall–Kier alpha value is -1.96. The van der Waals surface area contributed by atoms with E-state index in [1.54, 1.807) is 15.8 Å². The zero-order chi connectivity index (χ0) is 15.9. The highest BCUT2D eigenvalue weighted by Gasteiger charge is 2.34. The molecule has 1 saturated heterocycles. The Morgan fingerprint density at radius 1 is 1.41 bits per heavy atom. The molecule has 0 aliphatic carbocycles. The van der Waals surface area contributed by atoms with E-state index in [0.29, 0.717) is 11.7 Å². The van der Waals surface area contributed by atoms with E-state index in [0.717, 1.165) is 17.9 Å². The van der Waals surface area contributed by atoms with Crippen molar-refractivity contribution < 1.29 is 4.79 Å². The fourth-order valence-corrected chi connectivity index (χ4v) is 3.16. The highest BCUT2D eigenvalue weighted by atomic mass is 32.1. The van der Waals surface area contributed by atoms with Crippen LogP contribution in [0, 0.1) is 0 Å². The fourth-order valence-electron chi connectivity index (χ4n) is 2.35. The number of rotatable bonds is 3. The topological polar surface area (TPSA) is 75.9 Å². The maximum absolute atomic E-state index is 12.5. The van der Waals surface area contributed by atoms with Gasteiger partial charge >= 0.3 is 0 Å². The number of amides is 1. The normalized spacial score (nSPS) is 19.0. The second-order valence-electron chi connectivity index (χ2n) is 6.52. The van der Waals surface area contributed by atoms with Gasteiger partial charge in [-0.2, -0.15) is 9.47 Å². The van der Waals surface area contributed by atoms with Crippen molar-refractivity contribution in [1.82, 2.24) is 19.1 Å². The van der Waals surface area contributed by atoms with Crippen molar-refractivity contribution >= 4 is 28.3 Å². The SMILES string of the molecule is Cn1cc(N2CCC(Nc3nc(C(C)(C)C)ns3)C2=O)cn1. The van der Waals surface area contributed by atoms with Crippen molar-refractivity contribution in [3.8, 4) is 0 Å². The Balaban J connectivity index is 1.69. The van der Waals surface area contributed by atoms with Gasteiger partial charge in [0.05, 0.1) is 11.9 Å². The van der Waals surface area contributed by atoms with Crippen LogP contribution in [0.2, 0.25) is 0 Å². The van der Waals surface area contributed by atoms with Crippen LogP contribution in [0.1, 0.15) is 33.0 Å². The summed E-state index contributed by atoms with van der Waals surface area (Å²) in [5, 5.41) is 8.04. The van der Waals surface area contributed by atoms with Crippen LogP contribution in [0.15, 0.2) is 12.4 Å². The lowest BCUT2D eigenvalue weighted by Crippen LogP contribution is -2.33. The second kappa shape index (κ2) is 5.35. The molecule has 3 rings (SSSR count). The monoisotopic (exact) mass is 320 g/mol. The molecule has 0 saturated carbocycles. The largest absolute Gasteiger partial charge is 0.348 e. The average molecular weight is 320 g/mol. The first-order valence-corrected chi connectivity index (χ1v) is 8.03. The number of aromatic nitrogens is 4. The van der Waals surface area contributed by atoms with E-state index in [1.165, 1.54) is 11.5 Å². The molecule has 7 nitrogen and oxygen atoms in total. The van der Waals surface area contributed by atoms with Crippen molar-refractivity contribution in [3.05, 3.63) is 18.2 Å². The van der Waals surface area contributed by atoms with Gasteiger partial charge in [-0.05, 0) is 6.42 Å². The van der Waals surface area contributed by atoms with Gasteiger partial charge in [-0.3, -0.25) is 9.48 Å². The predicted octanol–water partition coefficient (Wildman–Crippen LogP) is 1.79. The Kier molecular flexibility index (Phi) is 3.64. The zero-order valence-corrected chi connectivity index (χ0v) is 14.0. The smallest absolute Gasteiger partial charge is 0.249 e. The van der Waals surface area contributed by atoms with Crippen molar-refractivity contribution in [1.29, 1.82) is 0 Å². The summed E-state index contributed by atoms with van der Waals surface area (Å²) in [5.41, 5.74) is 0.752. The highest BCUT2D eigenvalue weighted by molar-refractivity contribution is 7.09. The number of aryl methyl sites for hydroxylation is 1. The molecule has 1 N–H and O–H groups in total. The Morgan fingerprint density at radius 3 is 2.77 bits per heavy atom. The van der Waals surface area contributed by atoms with Gasteiger partial charge in [0.15, 0.2) is 0 Å². The summed E-state index contributed by atoms with van der Waals surface area (Å²) in [5.74, 6) is 0.857. The summed E-state index contributed by atoms with van der Waals surface area (Å²) in [7, 11) is 1.84. The first-order valence-electron chi connectivity index (χ1n) is 7.25. The Labute approximate surface area is 133 Å². The molecule has 2 aromatic rings. The minimum Gasteiger partial charge on any atom is -0.348 e. The number of anilines is 2. The number of hydrogen-bond acceptors (Lipinski definition) is 6. The summed E-state index contributed by atoms with van der Waals surface area (Å²) >= 11 is 1.31. The van der Waals surface area contributed by atoms with Crippen LogP contribution in [-0.2, 0) is 17.3 Å². The van der Waals surface area contributed by atoms with Crippen LogP contribution in [0.3, 0.4) is 0 Å². The number of hydrogen-bond donors (Lipinski definition) is 1. The number of carbonyl (C=O) groups excluding carboxylic acids is 1. The third kappa shape index (κ3) is 2.83. The van der Waals surface area contributed by atoms with Crippen molar-refractivity contribution in [3.63, 3.8) is 0 Å². The standard InChI is InChI=1S/C14H20N6OS/c1-14(2,3)12-17-13(22-18-12)16-10-5-6-20(11(10)21)9-7-15-19(4)8-9/h7-8,10H,5-6H2,1-4H3,(H,16,17,18). The molecular weight excluding hydrogens is 300 g/mol. The van der Waals surface area contributed by atoms with Gasteiger partial charge in [-0.15, -0.1) is 0 Å². The Morgan fingerprint density at radius 2 is 2.18 bits per heavy atom. The van der Waals surface area contributed by atoms with E-state index in [2.05, 4.69) is 40.5 Å². The molecule has 1 aliphatic heterocycles. The van der Waals surface area contributed by atoms with Gasteiger partial charge in [0.25, 0.3) is 0 Å². The first kappa shape index (κ1) is 15.0. The predicted molar refractivity (Wildman–Crippen MR) is 86.2 cm³/mol. The van der Waals surface area contributed by atoms with E-state index in [1.807, 2.05) is 13.2 Å². The lowest BCUT2D eigenvalue weighted by Gasteiger charge is -2.15.